The van der Waals surface area contributed by atoms with Gasteiger partial charge in [0.2, 0.25) is 0 Å². The van der Waals surface area contributed by atoms with E-state index in [2.05, 4.69) is 5.32 Å². The number of ether oxygens (including phenoxy) is 1. The van der Waals surface area contributed by atoms with E-state index in [0.29, 0.717) is 11.6 Å². The van der Waals surface area contributed by atoms with Crippen LogP contribution in [-0.2, 0) is 22.4 Å². The molecule has 104 valence electrons. The summed E-state index contributed by atoms with van der Waals surface area (Å²) < 4.78 is 5.02. The average Bonchev–Trinajstić information content (AvgIpc) is 2.74. The van der Waals surface area contributed by atoms with Crippen LogP contribution >= 0.6 is 11.3 Å². The molecule has 0 radical (unpaired) electrons. The monoisotopic (exact) mass is 283 g/mol. The number of fused-ring (bicyclic) bond motifs is 1. The predicted molar refractivity (Wildman–Crippen MR) is 73.0 cm³/mol. The molecule has 2 N–H and O–H groups in total. The number of amides is 1. The van der Waals surface area contributed by atoms with Gasteiger partial charge in [0.25, 0.3) is 5.91 Å². The summed E-state index contributed by atoms with van der Waals surface area (Å²) in [5, 5.41) is 12.4. The molecular formula is C13H17NO4S. The zero-order valence-corrected chi connectivity index (χ0v) is 11.6. The van der Waals surface area contributed by atoms with Gasteiger partial charge in [0.05, 0.1) is 5.56 Å². The maximum atomic E-state index is 11.6. The summed E-state index contributed by atoms with van der Waals surface area (Å²) in [5.74, 6) is -1.27. The highest BCUT2D eigenvalue weighted by Gasteiger charge is 2.25. The molecule has 0 spiro atoms. The quantitative estimate of drug-likeness (QED) is 0.869. The zero-order valence-electron chi connectivity index (χ0n) is 10.8. The Morgan fingerprint density at radius 3 is 2.79 bits per heavy atom. The lowest BCUT2D eigenvalue weighted by atomic mass is 9.95. The van der Waals surface area contributed by atoms with Crippen LogP contribution in [0.4, 0.5) is 5.00 Å². The fourth-order valence-corrected chi connectivity index (χ4v) is 3.54. The van der Waals surface area contributed by atoms with Crippen molar-refractivity contribution in [3.05, 3.63) is 16.0 Å². The summed E-state index contributed by atoms with van der Waals surface area (Å²) in [6, 6.07) is 0. The molecule has 1 heterocycles. The summed E-state index contributed by atoms with van der Waals surface area (Å²) in [7, 11) is 0. The number of carbonyl (C=O) groups is 2. The van der Waals surface area contributed by atoms with Crippen LogP contribution in [0.3, 0.4) is 0 Å². The van der Waals surface area contributed by atoms with Gasteiger partial charge in [0, 0.05) is 11.5 Å². The van der Waals surface area contributed by atoms with E-state index in [9.17, 15) is 14.7 Å². The van der Waals surface area contributed by atoms with Gasteiger partial charge < -0.3 is 15.2 Å². The van der Waals surface area contributed by atoms with Gasteiger partial charge in [-0.2, -0.15) is 0 Å². The Balaban J connectivity index is 2.22. The van der Waals surface area contributed by atoms with E-state index in [4.69, 9.17) is 4.74 Å². The maximum Gasteiger partial charge on any atom is 0.339 e. The number of carbonyl (C=O) groups excluding carboxylic acids is 1. The summed E-state index contributed by atoms with van der Waals surface area (Å²) in [5.41, 5.74) is 1.17. The van der Waals surface area contributed by atoms with Crippen molar-refractivity contribution in [1.29, 1.82) is 0 Å². The Kier molecular flexibility index (Phi) is 4.55. The topological polar surface area (TPSA) is 75.6 Å². The molecule has 0 aromatic carbocycles. The van der Waals surface area contributed by atoms with E-state index in [0.717, 1.165) is 36.1 Å². The Bertz CT molecular complexity index is 495. The molecule has 6 heteroatoms. The Morgan fingerprint density at radius 1 is 1.37 bits per heavy atom. The van der Waals surface area contributed by atoms with Crippen molar-refractivity contribution in [2.45, 2.75) is 32.6 Å². The van der Waals surface area contributed by atoms with Gasteiger partial charge in [-0.15, -0.1) is 11.3 Å². The van der Waals surface area contributed by atoms with Crippen LogP contribution in [0.1, 0.15) is 40.6 Å². The van der Waals surface area contributed by atoms with Crippen molar-refractivity contribution in [2.24, 2.45) is 0 Å². The Morgan fingerprint density at radius 2 is 2.11 bits per heavy atom. The smallest absolute Gasteiger partial charge is 0.339 e. The van der Waals surface area contributed by atoms with E-state index in [1.807, 2.05) is 0 Å². The second-order valence-corrected chi connectivity index (χ2v) is 5.51. The van der Waals surface area contributed by atoms with E-state index >= 15 is 0 Å². The highest BCUT2D eigenvalue weighted by atomic mass is 32.1. The summed E-state index contributed by atoms with van der Waals surface area (Å²) in [6.45, 7) is 2.22. The lowest BCUT2D eigenvalue weighted by Crippen LogP contribution is -2.19. The van der Waals surface area contributed by atoms with E-state index < -0.39 is 5.97 Å². The van der Waals surface area contributed by atoms with Crippen LogP contribution in [0.5, 0.6) is 0 Å². The largest absolute Gasteiger partial charge is 0.478 e. The second kappa shape index (κ2) is 6.16. The van der Waals surface area contributed by atoms with Crippen LogP contribution in [0.25, 0.3) is 0 Å². The van der Waals surface area contributed by atoms with Crippen LogP contribution in [-0.4, -0.2) is 30.2 Å². The van der Waals surface area contributed by atoms with Crippen molar-refractivity contribution in [3.63, 3.8) is 0 Å². The number of hydrogen-bond acceptors (Lipinski definition) is 4. The second-order valence-electron chi connectivity index (χ2n) is 4.41. The first-order valence-electron chi connectivity index (χ1n) is 6.39. The molecule has 5 nitrogen and oxygen atoms in total. The number of anilines is 1. The molecule has 0 saturated carbocycles. The zero-order chi connectivity index (χ0) is 13.8. The predicted octanol–water partition coefficient (Wildman–Crippen LogP) is 2.30. The molecule has 1 aliphatic rings. The molecule has 2 rings (SSSR count). The fraction of sp³-hybridized carbons (Fsp3) is 0.538. The van der Waals surface area contributed by atoms with E-state index in [1.54, 1.807) is 6.92 Å². The number of nitrogens with one attached hydrogen (secondary N) is 1. The minimum absolute atomic E-state index is 0.0435. The van der Waals surface area contributed by atoms with Gasteiger partial charge in [0.15, 0.2) is 0 Å². The third kappa shape index (κ3) is 3.13. The van der Waals surface area contributed by atoms with Crippen molar-refractivity contribution < 1.29 is 19.4 Å². The van der Waals surface area contributed by atoms with Gasteiger partial charge in [0.1, 0.15) is 11.6 Å². The lowest BCUT2D eigenvalue weighted by Gasteiger charge is -2.10. The van der Waals surface area contributed by atoms with Crippen LogP contribution in [0, 0.1) is 0 Å². The van der Waals surface area contributed by atoms with Crippen molar-refractivity contribution in [3.8, 4) is 0 Å². The van der Waals surface area contributed by atoms with Gasteiger partial charge in [-0.05, 0) is 38.2 Å². The first-order valence-corrected chi connectivity index (χ1v) is 7.20. The van der Waals surface area contributed by atoms with Crippen molar-refractivity contribution in [2.75, 3.05) is 18.5 Å². The number of aromatic carboxylic acids is 1. The van der Waals surface area contributed by atoms with Crippen LogP contribution in [0.15, 0.2) is 0 Å². The number of hydrogen-bond donors (Lipinski definition) is 2. The minimum atomic E-state index is -0.967. The molecule has 0 atom stereocenters. The number of rotatable bonds is 5. The molecule has 1 aromatic rings. The standard InChI is InChI=1S/C13H17NO4S/c1-2-18-7-10(15)14-12-11(13(16)17)8-5-3-4-6-9(8)19-12/h2-7H2,1H3,(H,14,15)(H,16,17). The average molecular weight is 283 g/mol. The molecule has 0 unspecified atom stereocenters. The Labute approximate surface area is 115 Å². The molecule has 0 aliphatic heterocycles. The Hall–Kier alpha value is -1.40. The number of carboxylic acid groups (broad SMARTS) is 1. The molecule has 0 bridgehead atoms. The molecule has 0 saturated heterocycles. The highest BCUT2D eigenvalue weighted by Crippen LogP contribution is 2.38. The third-order valence-electron chi connectivity index (χ3n) is 3.08. The van der Waals surface area contributed by atoms with Crippen LogP contribution < -0.4 is 5.32 Å². The van der Waals surface area contributed by atoms with Crippen molar-refractivity contribution >= 4 is 28.2 Å². The van der Waals surface area contributed by atoms with Crippen molar-refractivity contribution in [1.82, 2.24) is 0 Å². The third-order valence-corrected chi connectivity index (χ3v) is 4.28. The molecule has 0 fully saturated rings. The summed E-state index contributed by atoms with van der Waals surface area (Å²) in [6.07, 6.45) is 3.78. The van der Waals surface area contributed by atoms with Gasteiger partial charge in [-0.1, -0.05) is 0 Å². The van der Waals surface area contributed by atoms with Crippen LogP contribution in [0.2, 0.25) is 0 Å². The maximum absolute atomic E-state index is 11.6. The summed E-state index contributed by atoms with van der Waals surface area (Å²) in [4.78, 5) is 24.1. The summed E-state index contributed by atoms with van der Waals surface area (Å²) >= 11 is 1.38. The number of carboxylic acids is 1. The molecule has 19 heavy (non-hydrogen) atoms. The van der Waals surface area contributed by atoms with Gasteiger partial charge >= 0.3 is 5.97 Å². The highest BCUT2D eigenvalue weighted by molar-refractivity contribution is 7.17. The SMILES string of the molecule is CCOCC(=O)Nc1sc2c(c1C(=O)O)CCCC2. The minimum Gasteiger partial charge on any atom is -0.478 e. The number of thiophene rings is 1. The number of aryl methyl sites for hydroxylation is 1. The first-order chi connectivity index (χ1) is 9.13. The molecule has 1 aliphatic carbocycles. The molecule has 1 amide bonds. The molecular weight excluding hydrogens is 266 g/mol. The van der Waals surface area contributed by atoms with Gasteiger partial charge in [-0.3, -0.25) is 4.79 Å². The first kappa shape index (κ1) is 14.0. The fourth-order valence-electron chi connectivity index (χ4n) is 2.24. The lowest BCUT2D eigenvalue weighted by molar-refractivity contribution is -0.120. The van der Waals surface area contributed by atoms with Gasteiger partial charge in [-0.25, -0.2) is 4.79 Å². The normalized spacial score (nSPS) is 13.9. The van der Waals surface area contributed by atoms with E-state index in [1.165, 1.54) is 11.3 Å². The van der Waals surface area contributed by atoms with E-state index in [-0.39, 0.29) is 18.1 Å². The molecule has 1 aromatic heterocycles.